The minimum atomic E-state index is -0.664. The van der Waals surface area contributed by atoms with E-state index in [2.05, 4.69) is 10.6 Å². The standard InChI is InChI=1S/C14H22N2O3S/c1-14(2,3)11(17)6-7-15-12(18)13(19)16-9-10-5-4-8-20-10/h4-5,8,11,17H,6-7,9H2,1-3H3,(H,15,18)(H,16,19)/t11-/m0/s1. The molecule has 1 aromatic heterocycles. The van der Waals surface area contributed by atoms with Crippen molar-refractivity contribution in [3.05, 3.63) is 22.4 Å². The van der Waals surface area contributed by atoms with E-state index < -0.39 is 17.9 Å². The Bertz CT molecular complexity index is 438. The molecule has 0 spiro atoms. The largest absolute Gasteiger partial charge is 0.393 e. The van der Waals surface area contributed by atoms with Crippen LogP contribution in [0.1, 0.15) is 32.1 Å². The van der Waals surface area contributed by atoms with Gasteiger partial charge in [-0.3, -0.25) is 9.59 Å². The minimum Gasteiger partial charge on any atom is -0.393 e. The van der Waals surface area contributed by atoms with E-state index in [0.29, 0.717) is 13.0 Å². The second kappa shape index (κ2) is 7.40. The summed E-state index contributed by atoms with van der Waals surface area (Å²) in [7, 11) is 0. The first-order valence-corrected chi connectivity index (χ1v) is 7.45. The predicted molar refractivity (Wildman–Crippen MR) is 79.3 cm³/mol. The third kappa shape index (κ3) is 5.71. The molecular weight excluding hydrogens is 276 g/mol. The van der Waals surface area contributed by atoms with Crippen molar-refractivity contribution in [1.29, 1.82) is 0 Å². The Morgan fingerprint density at radius 1 is 1.30 bits per heavy atom. The molecule has 0 aliphatic rings. The van der Waals surface area contributed by atoms with Crippen molar-refractivity contribution < 1.29 is 14.7 Å². The van der Waals surface area contributed by atoms with Crippen molar-refractivity contribution in [2.24, 2.45) is 5.41 Å². The van der Waals surface area contributed by atoms with Crippen LogP contribution in [0.4, 0.5) is 0 Å². The van der Waals surface area contributed by atoms with Gasteiger partial charge in [0.15, 0.2) is 0 Å². The van der Waals surface area contributed by atoms with Crippen LogP contribution in [0.3, 0.4) is 0 Å². The quantitative estimate of drug-likeness (QED) is 0.717. The van der Waals surface area contributed by atoms with Crippen LogP contribution in [0, 0.1) is 5.41 Å². The molecule has 0 radical (unpaired) electrons. The molecule has 5 nitrogen and oxygen atoms in total. The van der Waals surface area contributed by atoms with Crippen LogP contribution < -0.4 is 10.6 Å². The maximum atomic E-state index is 11.5. The van der Waals surface area contributed by atoms with Gasteiger partial charge in [-0.25, -0.2) is 0 Å². The maximum Gasteiger partial charge on any atom is 0.309 e. The highest BCUT2D eigenvalue weighted by molar-refractivity contribution is 7.09. The van der Waals surface area contributed by atoms with Gasteiger partial charge in [0.05, 0.1) is 12.6 Å². The molecule has 112 valence electrons. The lowest BCUT2D eigenvalue weighted by molar-refractivity contribution is -0.139. The third-order valence-corrected chi connectivity index (χ3v) is 3.79. The van der Waals surface area contributed by atoms with Crippen molar-refractivity contribution in [2.75, 3.05) is 6.54 Å². The molecule has 0 aliphatic carbocycles. The van der Waals surface area contributed by atoms with Gasteiger partial charge in [0, 0.05) is 11.4 Å². The number of hydrogen-bond acceptors (Lipinski definition) is 4. The Kier molecular flexibility index (Phi) is 6.16. The van der Waals surface area contributed by atoms with Gasteiger partial charge >= 0.3 is 11.8 Å². The van der Waals surface area contributed by atoms with Crippen LogP contribution in [-0.4, -0.2) is 29.6 Å². The van der Waals surface area contributed by atoms with Crippen LogP contribution in [0.25, 0.3) is 0 Å². The number of amides is 2. The average Bonchev–Trinajstić information content (AvgIpc) is 2.87. The van der Waals surface area contributed by atoms with Crippen molar-refractivity contribution in [2.45, 2.75) is 39.8 Å². The Morgan fingerprint density at radius 3 is 2.50 bits per heavy atom. The number of nitrogens with one attached hydrogen (secondary N) is 2. The fraction of sp³-hybridized carbons (Fsp3) is 0.571. The second-order valence-electron chi connectivity index (χ2n) is 5.69. The molecule has 0 aromatic carbocycles. The predicted octanol–water partition coefficient (Wildman–Crippen LogP) is 1.28. The molecule has 20 heavy (non-hydrogen) atoms. The zero-order valence-electron chi connectivity index (χ0n) is 12.1. The van der Waals surface area contributed by atoms with Gasteiger partial charge in [0.2, 0.25) is 0 Å². The van der Waals surface area contributed by atoms with Crippen molar-refractivity contribution in [3.8, 4) is 0 Å². The molecule has 0 unspecified atom stereocenters. The van der Waals surface area contributed by atoms with Gasteiger partial charge in [-0.15, -0.1) is 11.3 Å². The number of carbonyl (C=O) groups is 2. The zero-order valence-corrected chi connectivity index (χ0v) is 12.9. The van der Waals surface area contributed by atoms with E-state index in [1.54, 1.807) is 0 Å². The molecular formula is C14H22N2O3S. The summed E-state index contributed by atoms with van der Waals surface area (Å²) < 4.78 is 0. The Morgan fingerprint density at radius 2 is 1.95 bits per heavy atom. The maximum absolute atomic E-state index is 11.5. The van der Waals surface area contributed by atoms with Gasteiger partial charge in [0.25, 0.3) is 0 Å². The highest BCUT2D eigenvalue weighted by Crippen LogP contribution is 2.20. The molecule has 0 fully saturated rings. The summed E-state index contributed by atoms with van der Waals surface area (Å²) in [5.74, 6) is -1.31. The number of rotatable bonds is 5. The third-order valence-electron chi connectivity index (χ3n) is 2.91. The number of aliphatic hydroxyl groups excluding tert-OH is 1. The van der Waals surface area contributed by atoms with E-state index in [0.717, 1.165) is 4.88 Å². The van der Waals surface area contributed by atoms with Gasteiger partial charge < -0.3 is 15.7 Å². The van der Waals surface area contributed by atoms with Crippen LogP contribution in [0.5, 0.6) is 0 Å². The van der Waals surface area contributed by atoms with Crippen molar-refractivity contribution in [3.63, 3.8) is 0 Å². The molecule has 0 saturated heterocycles. The van der Waals surface area contributed by atoms with E-state index in [4.69, 9.17) is 0 Å². The Labute approximate surface area is 123 Å². The van der Waals surface area contributed by atoms with Gasteiger partial charge in [-0.2, -0.15) is 0 Å². The summed E-state index contributed by atoms with van der Waals surface area (Å²) >= 11 is 1.52. The van der Waals surface area contributed by atoms with E-state index in [9.17, 15) is 14.7 Å². The number of aliphatic hydroxyl groups is 1. The average molecular weight is 298 g/mol. The normalized spacial score (nSPS) is 12.8. The number of hydrogen-bond donors (Lipinski definition) is 3. The van der Waals surface area contributed by atoms with E-state index in [-0.39, 0.29) is 12.0 Å². The van der Waals surface area contributed by atoms with Crippen LogP contribution in [-0.2, 0) is 16.1 Å². The summed E-state index contributed by atoms with van der Waals surface area (Å²) in [6.45, 7) is 6.41. The summed E-state index contributed by atoms with van der Waals surface area (Å²) in [6, 6.07) is 3.78. The molecule has 1 rings (SSSR count). The molecule has 0 aliphatic heterocycles. The lowest BCUT2D eigenvalue weighted by Crippen LogP contribution is -2.41. The highest BCUT2D eigenvalue weighted by atomic mass is 32.1. The summed E-state index contributed by atoms with van der Waals surface area (Å²) in [5, 5.41) is 16.8. The van der Waals surface area contributed by atoms with Gasteiger partial charge in [-0.1, -0.05) is 26.8 Å². The Balaban J connectivity index is 2.23. The molecule has 2 amide bonds. The molecule has 3 N–H and O–H groups in total. The van der Waals surface area contributed by atoms with E-state index in [1.165, 1.54) is 11.3 Å². The SMILES string of the molecule is CC(C)(C)[C@@H](O)CCNC(=O)C(=O)NCc1cccs1. The topological polar surface area (TPSA) is 78.4 Å². The van der Waals surface area contributed by atoms with Crippen LogP contribution in [0.15, 0.2) is 17.5 Å². The van der Waals surface area contributed by atoms with Crippen molar-refractivity contribution >= 4 is 23.2 Å². The lowest BCUT2D eigenvalue weighted by Gasteiger charge is -2.25. The second-order valence-corrected chi connectivity index (χ2v) is 6.72. The molecule has 1 heterocycles. The highest BCUT2D eigenvalue weighted by Gasteiger charge is 2.22. The smallest absolute Gasteiger partial charge is 0.309 e. The van der Waals surface area contributed by atoms with Gasteiger partial charge in [-0.05, 0) is 23.3 Å². The van der Waals surface area contributed by atoms with Gasteiger partial charge in [0.1, 0.15) is 0 Å². The Hall–Kier alpha value is -1.40. The van der Waals surface area contributed by atoms with Crippen molar-refractivity contribution in [1.82, 2.24) is 10.6 Å². The first-order valence-electron chi connectivity index (χ1n) is 6.57. The fourth-order valence-corrected chi connectivity index (χ4v) is 2.14. The molecule has 0 saturated carbocycles. The molecule has 6 heteroatoms. The summed E-state index contributed by atoms with van der Waals surface area (Å²) in [6.07, 6.45) is -0.0926. The van der Waals surface area contributed by atoms with Crippen LogP contribution in [0.2, 0.25) is 0 Å². The first-order chi connectivity index (χ1) is 9.30. The zero-order chi connectivity index (χ0) is 15.2. The summed E-state index contributed by atoms with van der Waals surface area (Å²) in [5.41, 5.74) is -0.230. The monoisotopic (exact) mass is 298 g/mol. The molecule has 0 bridgehead atoms. The minimum absolute atomic E-state index is 0.230. The van der Waals surface area contributed by atoms with E-state index in [1.807, 2.05) is 38.3 Å². The first kappa shape index (κ1) is 16.7. The molecule has 1 aromatic rings. The van der Waals surface area contributed by atoms with Crippen LogP contribution >= 0.6 is 11.3 Å². The fourth-order valence-electron chi connectivity index (χ4n) is 1.50. The number of thiophene rings is 1. The number of carbonyl (C=O) groups excluding carboxylic acids is 2. The summed E-state index contributed by atoms with van der Waals surface area (Å²) in [4.78, 5) is 24.1. The molecule has 1 atom stereocenters. The van der Waals surface area contributed by atoms with E-state index >= 15 is 0 Å². The lowest BCUT2D eigenvalue weighted by atomic mass is 9.87.